The molecule has 0 bridgehead atoms. The molecule has 0 spiro atoms. The predicted molar refractivity (Wildman–Crippen MR) is 203 cm³/mol. The lowest BCUT2D eigenvalue weighted by Crippen LogP contribution is -2.33. The molecule has 1 heterocycles. The average molecular weight is 673 g/mol. The van der Waals surface area contributed by atoms with Gasteiger partial charge in [0.05, 0.1) is 17.1 Å². The average Bonchev–Trinajstić information content (AvgIpc) is 3.61. The Bertz CT molecular complexity index is 1490. The van der Waals surface area contributed by atoms with Gasteiger partial charge in [0.1, 0.15) is 11.9 Å². The highest BCUT2D eigenvalue weighted by atomic mass is 16.3. The van der Waals surface area contributed by atoms with Crippen LogP contribution in [0.15, 0.2) is 57.5 Å². The lowest BCUT2D eigenvalue weighted by atomic mass is 9.76. The van der Waals surface area contributed by atoms with E-state index >= 15 is 0 Å². The van der Waals surface area contributed by atoms with Crippen LogP contribution in [0.4, 0.5) is 11.4 Å². The van der Waals surface area contributed by atoms with Crippen molar-refractivity contribution in [3.05, 3.63) is 63.6 Å². The number of hydrogen-bond donors (Lipinski definition) is 4. The van der Waals surface area contributed by atoms with Gasteiger partial charge < -0.3 is 25.7 Å². The van der Waals surface area contributed by atoms with Crippen LogP contribution in [0.3, 0.4) is 0 Å². The van der Waals surface area contributed by atoms with Gasteiger partial charge in [0, 0.05) is 60.4 Å². The summed E-state index contributed by atoms with van der Waals surface area (Å²) in [6.45, 7) is 13.1. The Morgan fingerprint density at radius 3 is 2.04 bits per heavy atom. The number of aliphatic hydroxyl groups is 2. The number of hydrogen-bond acceptors (Lipinski definition) is 6. The molecule has 0 aromatic heterocycles. The third kappa shape index (κ3) is 9.96. The number of aliphatic hydroxyl groups excluding tert-OH is 2. The minimum absolute atomic E-state index is 0.0234. The first-order valence-electron chi connectivity index (χ1n) is 19.0. The molecule has 49 heavy (non-hydrogen) atoms. The zero-order valence-electron chi connectivity index (χ0n) is 30.7. The largest absolute Gasteiger partial charge is 0.507 e. The second kappa shape index (κ2) is 18.9. The van der Waals surface area contributed by atoms with Crippen LogP contribution >= 0.6 is 0 Å². The molecule has 4 rings (SSSR count). The van der Waals surface area contributed by atoms with Crippen molar-refractivity contribution in [3.8, 4) is 0 Å². The van der Waals surface area contributed by atoms with Crippen LogP contribution in [0.25, 0.3) is 5.57 Å². The number of carbonyl (C=O) groups excluding carboxylic acids is 2. The van der Waals surface area contributed by atoms with Gasteiger partial charge in [0.15, 0.2) is 0 Å². The van der Waals surface area contributed by atoms with Gasteiger partial charge in [-0.1, -0.05) is 72.1 Å². The molecule has 4 N–H and O–H groups in total. The third-order valence-electron chi connectivity index (χ3n) is 9.86. The van der Waals surface area contributed by atoms with Gasteiger partial charge in [-0.05, 0) is 81.4 Å². The first-order valence-corrected chi connectivity index (χ1v) is 19.0. The predicted octanol–water partition coefficient (Wildman–Crippen LogP) is 9.01. The SMILES string of the molecule is CCCCCCC(=O)NC1=CC(=N\CCCCC)/C(C)=CC/1=C1\C(O)=C(c2cc(C)c(N3CCCC3)cc2NC(=O)CCCCCC)C1O. The van der Waals surface area contributed by atoms with Crippen LogP contribution in [0.1, 0.15) is 135 Å². The molecular weight excluding hydrogens is 612 g/mol. The Kier molecular flexibility index (Phi) is 14.7. The van der Waals surface area contributed by atoms with Crippen LogP contribution in [0.2, 0.25) is 0 Å². The molecule has 3 aliphatic rings. The van der Waals surface area contributed by atoms with E-state index in [9.17, 15) is 19.8 Å². The molecular formula is C41H60N4O4. The zero-order chi connectivity index (χ0) is 35.3. The van der Waals surface area contributed by atoms with E-state index in [4.69, 9.17) is 4.99 Å². The summed E-state index contributed by atoms with van der Waals surface area (Å²) in [5, 5.41) is 29.7. The number of aliphatic imine (C=N–C) groups is 1. The maximum Gasteiger partial charge on any atom is 0.224 e. The second-order valence-electron chi connectivity index (χ2n) is 13.9. The molecule has 1 unspecified atom stereocenters. The molecule has 268 valence electrons. The van der Waals surface area contributed by atoms with Crippen LogP contribution in [-0.4, -0.2) is 53.5 Å². The molecule has 2 aliphatic carbocycles. The van der Waals surface area contributed by atoms with Crippen LogP contribution in [0, 0.1) is 6.92 Å². The summed E-state index contributed by atoms with van der Waals surface area (Å²) in [5.41, 5.74) is 6.92. The first kappa shape index (κ1) is 38.2. The van der Waals surface area contributed by atoms with Gasteiger partial charge >= 0.3 is 0 Å². The normalized spacial score (nSPS) is 20.0. The van der Waals surface area contributed by atoms with E-state index < -0.39 is 6.10 Å². The number of benzene rings is 1. The van der Waals surface area contributed by atoms with Crippen molar-refractivity contribution in [1.29, 1.82) is 0 Å². The monoisotopic (exact) mass is 672 g/mol. The second-order valence-corrected chi connectivity index (χ2v) is 13.9. The van der Waals surface area contributed by atoms with Gasteiger partial charge in [0.2, 0.25) is 11.8 Å². The lowest BCUT2D eigenvalue weighted by Gasteiger charge is -2.34. The lowest BCUT2D eigenvalue weighted by molar-refractivity contribution is -0.120. The number of rotatable bonds is 18. The van der Waals surface area contributed by atoms with Crippen LogP contribution in [0.5, 0.6) is 0 Å². The van der Waals surface area contributed by atoms with Crippen LogP contribution in [-0.2, 0) is 9.59 Å². The number of unbranched alkanes of at least 4 members (excludes halogenated alkanes) is 8. The van der Waals surface area contributed by atoms with Crippen LogP contribution < -0.4 is 15.5 Å². The van der Waals surface area contributed by atoms with E-state index in [0.29, 0.717) is 53.1 Å². The van der Waals surface area contributed by atoms with E-state index in [-0.39, 0.29) is 17.6 Å². The topological polar surface area (TPSA) is 114 Å². The van der Waals surface area contributed by atoms with Gasteiger partial charge in [-0.25, -0.2) is 0 Å². The smallest absolute Gasteiger partial charge is 0.224 e. The number of nitrogens with zero attached hydrogens (tertiary/aromatic N) is 2. The number of allylic oxidation sites excluding steroid dienone is 3. The number of amides is 2. The Morgan fingerprint density at radius 2 is 1.43 bits per heavy atom. The van der Waals surface area contributed by atoms with Gasteiger partial charge in [0.25, 0.3) is 0 Å². The number of aryl methyl sites for hydroxylation is 1. The van der Waals surface area contributed by atoms with E-state index in [0.717, 1.165) is 119 Å². The molecule has 0 radical (unpaired) electrons. The third-order valence-corrected chi connectivity index (χ3v) is 9.86. The number of carbonyl (C=O) groups is 2. The summed E-state index contributed by atoms with van der Waals surface area (Å²) in [7, 11) is 0. The molecule has 2 amide bonds. The molecule has 1 aliphatic heterocycles. The van der Waals surface area contributed by atoms with E-state index in [1.807, 2.05) is 38.1 Å². The maximum absolute atomic E-state index is 13.1. The molecule has 1 atom stereocenters. The fourth-order valence-electron chi connectivity index (χ4n) is 6.95. The Labute approximate surface area is 294 Å². The van der Waals surface area contributed by atoms with E-state index in [1.54, 1.807) is 0 Å². The van der Waals surface area contributed by atoms with Crippen molar-refractivity contribution in [2.24, 2.45) is 4.99 Å². The maximum atomic E-state index is 13.1. The molecule has 8 heteroatoms. The van der Waals surface area contributed by atoms with E-state index in [2.05, 4.69) is 36.3 Å². The summed E-state index contributed by atoms with van der Waals surface area (Å²) in [6, 6.07) is 3.99. The Morgan fingerprint density at radius 1 is 0.816 bits per heavy atom. The fourth-order valence-corrected chi connectivity index (χ4v) is 6.95. The molecule has 1 aromatic rings. The van der Waals surface area contributed by atoms with Gasteiger partial charge in [-0.2, -0.15) is 0 Å². The highest BCUT2D eigenvalue weighted by Crippen LogP contribution is 2.47. The molecule has 8 nitrogen and oxygen atoms in total. The van der Waals surface area contributed by atoms with Crippen molar-refractivity contribution in [3.63, 3.8) is 0 Å². The molecule has 0 saturated carbocycles. The Hall–Kier alpha value is -3.65. The van der Waals surface area contributed by atoms with Gasteiger partial charge in [-0.3, -0.25) is 14.6 Å². The highest BCUT2D eigenvalue weighted by molar-refractivity contribution is 6.11. The van der Waals surface area contributed by atoms with Gasteiger partial charge in [-0.15, -0.1) is 0 Å². The minimum atomic E-state index is -1.11. The summed E-state index contributed by atoms with van der Waals surface area (Å²) >= 11 is 0. The minimum Gasteiger partial charge on any atom is -0.507 e. The van der Waals surface area contributed by atoms with Crippen molar-refractivity contribution in [2.75, 3.05) is 29.9 Å². The molecule has 1 fully saturated rings. The summed E-state index contributed by atoms with van der Waals surface area (Å²) in [4.78, 5) is 33.4. The summed E-state index contributed by atoms with van der Waals surface area (Å²) < 4.78 is 0. The first-order chi connectivity index (χ1) is 23.7. The van der Waals surface area contributed by atoms with E-state index in [1.165, 1.54) is 0 Å². The quantitative estimate of drug-likeness (QED) is 0.116. The Balaban J connectivity index is 1.71. The molecule has 1 aromatic carbocycles. The number of nitrogens with one attached hydrogen (secondary N) is 2. The molecule has 1 saturated heterocycles. The van der Waals surface area contributed by atoms with Crippen molar-refractivity contribution < 1.29 is 19.8 Å². The summed E-state index contributed by atoms with van der Waals surface area (Å²) in [6.07, 6.45) is 17.0. The van der Waals surface area contributed by atoms with Crippen molar-refractivity contribution in [1.82, 2.24) is 5.32 Å². The standard InChI is InChI=1S/C41H60N4O4/c1-6-9-12-14-19-36(46)43-33-26-32(42-21-16-11-8-3)28(4)24-30(33)38-40(48)39(41(38)49)31-25-29(5)35(45-22-17-18-23-45)27-34(31)44-37(47)20-15-13-10-7-2/h24-27,40,48-49H,6-23H2,1-5H3,(H,43,46)(H,44,47)/b38-30+,42-32+. The summed E-state index contributed by atoms with van der Waals surface area (Å²) in [5.74, 6) is -0.178. The van der Waals surface area contributed by atoms with Crippen molar-refractivity contribution in [2.45, 2.75) is 137 Å². The zero-order valence-corrected chi connectivity index (χ0v) is 30.7. The fraction of sp³-hybridized carbons (Fsp3) is 0.585. The highest BCUT2D eigenvalue weighted by Gasteiger charge is 2.40. The van der Waals surface area contributed by atoms with Crippen molar-refractivity contribution >= 4 is 34.5 Å². The number of anilines is 2.